The van der Waals surface area contributed by atoms with Crippen LogP contribution < -0.4 is 26.6 Å². The van der Waals surface area contributed by atoms with Gasteiger partial charge >= 0.3 is 5.97 Å². The summed E-state index contributed by atoms with van der Waals surface area (Å²) >= 11 is 6.66. The van der Waals surface area contributed by atoms with Crippen molar-refractivity contribution < 1.29 is 42.7 Å². The van der Waals surface area contributed by atoms with E-state index in [0.29, 0.717) is 89.8 Å². The fraction of sp³-hybridized carbons (Fsp3) is 0.300. The van der Waals surface area contributed by atoms with Crippen molar-refractivity contribution in [1.82, 2.24) is 39.3 Å². The number of halogens is 5. The van der Waals surface area contributed by atoms with E-state index < -0.39 is 23.6 Å². The van der Waals surface area contributed by atoms with Gasteiger partial charge in [0.05, 0.1) is 42.2 Å². The lowest BCUT2D eigenvalue weighted by atomic mass is 10.0. The largest absolute Gasteiger partial charge is 0.480 e. The number of carbonyl (C=O) groups excluding carboxylic acids is 5. The number of carboxylic acids is 1. The van der Waals surface area contributed by atoms with E-state index in [-0.39, 0.29) is 72.3 Å². The number of benzene rings is 2. The van der Waals surface area contributed by atoms with Gasteiger partial charge in [0.25, 0.3) is 0 Å². The molecule has 2 saturated heterocycles. The van der Waals surface area contributed by atoms with Crippen molar-refractivity contribution in [2.75, 3.05) is 21.3 Å². The van der Waals surface area contributed by atoms with Crippen LogP contribution in [0, 0.1) is 36.3 Å². The molecular formula is C60H59Br2ClF2N12O7. The van der Waals surface area contributed by atoms with Gasteiger partial charge in [-0.25, -0.2) is 18.7 Å². The van der Waals surface area contributed by atoms with Gasteiger partial charge in [0.1, 0.15) is 51.6 Å². The molecule has 6 aromatic heterocycles. The molecule has 84 heavy (non-hydrogen) atoms. The third-order valence-corrected chi connectivity index (χ3v) is 16.6. The van der Waals surface area contributed by atoms with Crippen LogP contribution in [0.3, 0.4) is 0 Å². The molecule has 0 bridgehead atoms. The van der Waals surface area contributed by atoms with E-state index in [4.69, 9.17) is 5.11 Å². The predicted molar refractivity (Wildman–Crippen MR) is 324 cm³/mol. The van der Waals surface area contributed by atoms with Gasteiger partial charge in [-0.15, -0.1) is 12.4 Å². The van der Waals surface area contributed by atoms with Crippen LogP contribution in [0.5, 0.6) is 0 Å². The van der Waals surface area contributed by atoms with Crippen molar-refractivity contribution in [2.45, 2.75) is 104 Å². The standard InChI is InChI=1S/C30H28BrFN6O3.C17H14FN3O3.C13H16BrN3O.ClH/c1-16-4-7-26(31)35-28(16)36-29(41)24-10-30(3)11-25(30)38(24)27(40)15-37-14-22(17(2)39)21-9-19(5-6-23(21)37)34-20-8-18(32)12-33-13-20;1-10(22)15-8-21(9-17(23)24)16-3-2-12(5-14(15)16)20-13-4-11(18)6-19-7-13;1-7-3-4-10(14)16-11(7)17-12(18)8-5-13(2)6-9(13)15-8;/h4-9,12-14,24-25,34H,10-11,15H2,1-3H3,(H,35,36,41);2-8,20H,9H2,1H3,(H,23,24);3-4,8-9,15H,5-6H2,1-2H3,(H,16,17,18);1H/t24-,25+,30-;;8-,9+,13-;/m0.0./s1. The number of carboxylic acid groups (broad SMARTS) is 1. The summed E-state index contributed by atoms with van der Waals surface area (Å²) in [5, 5.41) is 25.6. The number of hydrogen-bond donors (Lipinski definition) is 6. The minimum Gasteiger partial charge on any atom is -0.480 e. The average molecular weight is 1290 g/mol. The third kappa shape index (κ3) is 13.3. The molecule has 3 amide bonds. The number of ketones is 2. The summed E-state index contributed by atoms with van der Waals surface area (Å²) < 4.78 is 31.4. The van der Waals surface area contributed by atoms with E-state index in [1.54, 1.807) is 52.1 Å². The summed E-state index contributed by atoms with van der Waals surface area (Å²) in [6.07, 6.45) is 12.0. The van der Waals surface area contributed by atoms with Crippen LogP contribution in [-0.4, -0.2) is 98.5 Å². The molecule has 2 aliphatic carbocycles. The molecule has 0 spiro atoms. The molecule has 12 rings (SSSR count). The summed E-state index contributed by atoms with van der Waals surface area (Å²) in [6, 6.07) is 20.6. The van der Waals surface area contributed by atoms with Crippen LogP contribution in [0.2, 0.25) is 0 Å². The Hall–Kier alpha value is -7.99. The predicted octanol–water partition coefficient (Wildman–Crippen LogP) is 11.5. The molecule has 2 saturated carbocycles. The van der Waals surface area contributed by atoms with E-state index in [0.717, 1.165) is 41.0 Å². The zero-order valence-corrected chi connectivity index (χ0v) is 50.4. The van der Waals surface area contributed by atoms with E-state index in [1.807, 2.05) is 38.1 Å². The summed E-state index contributed by atoms with van der Waals surface area (Å²) in [6.45, 7) is 10.8. The van der Waals surface area contributed by atoms with E-state index >= 15 is 0 Å². The molecule has 436 valence electrons. The maximum absolute atomic E-state index is 13.8. The molecule has 2 aliphatic heterocycles. The summed E-state index contributed by atoms with van der Waals surface area (Å²) in [5.74, 6) is -1.53. The summed E-state index contributed by atoms with van der Waals surface area (Å²) in [5.41, 5.74) is 6.56. The van der Waals surface area contributed by atoms with E-state index in [1.165, 1.54) is 55.6 Å². The second kappa shape index (κ2) is 24.3. The number of fused-ring (bicyclic) bond motifs is 4. The maximum Gasteiger partial charge on any atom is 0.323 e. The minimum atomic E-state index is -0.991. The van der Waals surface area contributed by atoms with Crippen molar-refractivity contribution in [3.63, 3.8) is 0 Å². The second-order valence-electron chi connectivity index (χ2n) is 22.2. The number of amides is 3. The number of likely N-dealkylation sites (tertiary alicyclic amines) is 1. The smallest absolute Gasteiger partial charge is 0.323 e. The highest BCUT2D eigenvalue weighted by Crippen LogP contribution is 2.59. The lowest BCUT2D eigenvalue weighted by Gasteiger charge is -2.27. The number of aromatic nitrogens is 6. The molecule has 8 heterocycles. The molecule has 4 aliphatic rings. The molecule has 0 unspecified atom stereocenters. The van der Waals surface area contributed by atoms with E-state index in [9.17, 15) is 37.5 Å². The van der Waals surface area contributed by atoms with Crippen molar-refractivity contribution in [1.29, 1.82) is 0 Å². The van der Waals surface area contributed by atoms with Crippen LogP contribution in [0.1, 0.15) is 85.2 Å². The van der Waals surface area contributed by atoms with Gasteiger partial charge in [-0.1, -0.05) is 26.0 Å². The normalized spacial score (nSPS) is 20.4. The first-order valence-electron chi connectivity index (χ1n) is 26.6. The number of carbonyl (C=O) groups is 6. The third-order valence-electron chi connectivity index (χ3n) is 15.7. The van der Waals surface area contributed by atoms with Crippen molar-refractivity contribution in [3.8, 4) is 0 Å². The van der Waals surface area contributed by atoms with Gasteiger partial charge < -0.3 is 45.7 Å². The first-order valence-corrected chi connectivity index (χ1v) is 28.2. The molecule has 0 radical (unpaired) electrons. The lowest BCUT2D eigenvalue weighted by Crippen LogP contribution is -2.46. The van der Waals surface area contributed by atoms with Gasteiger partial charge in [-0.05, 0) is 156 Å². The topological polar surface area (TPSA) is 247 Å². The number of aliphatic carboxylic acids is 1. The van der Waals surface area contributed by atoms with Crippen LogP contribution in [0.15, 0.2) is 119 Å². The molecule has 8 aromatic rings. The Balaban J connectivity index is 0.000000166. The van der Waals surface area contributed by atoms with Gasteiger partial charge in [-0.2, -0.15) is 0 Å². The van der Waals surface area contributed by atoms with Crippen LogP contribution in [0.4, 0.5) is 43.2 Å². The fourth-order valence-electron chi connectivity index (χ4n) is 11.1. The number of Topliss-reactive ketones (excluding diaryl/α,β-unsaturated/α-hetero) is 2. The first-order chi connectivity index (χ1) is 39.4. The van der Waals surface area contributed by atoms with Gasteiger partial charge in [0.15, 0.2) is 11.6 Å². The Morgan fingerprint density at radius 3 is 1.61 bits per heavy atom. The molecule has 4 fully saturated rings. The second-order valence-corrected chi connectivity index (χ2v) is 23.8. The van der Waals surface area contributed by atoms with Crippen LogP contribution in [0.25, 0.3) is 21.8 Å². The Kier molecular flexibility index (Phi) is 17.5. The van der Waals surface area contributed by atoms with Gasteiger partial charge in [-0.3, -0.25) is 38.7 Å². The number of aryl methyl sites for hydroxylation is 2. The van der Waals surface area contributed by atoms with Crippen molar-refractivity contribution in [2.24, 2.45) is 10.8 Å². The zero-order valence-electron chi connectivity index (χ0n) is 46.4. The maximum atomic E-state index is 13.8. The summed E-state index contributed by atoms with van der Waals surface area (Å²) in [4.78, 5) is 92.7. The highest BCUT2D eigenvalue weighted by Gasteiger charge is 2.64. The Bertz CT molecular complexity index is 3960. The van der Waals surface area contributed by atoms with E-state index in [2.05, 4.69) is 92.2 Å². The number of anilines is 6. The highest BCUT2D eigenvalue weighted by molar-refractivity contribution is 9.10. The number of nitrogens with one attached hydrogen (secondary N) is 5. The summed E-state index contributed by atoms with van der Waals surface area (Å²) in [7, 11) is 0. The minimum absolute atomic E-state index is 0. The molecule has 2 aromatic carbocycles. The Morgan fingerprint density at radius 2 is 1.14 bits per heavy atom. The highest BCUT2D eigenvalue weighted by atomic mass is 79.9. The zero-order chi connectivity index (χ0) is 59.2. The monoisotopic (exact) mass is 1290 g/mol. The first kappa shape index (κ1) is 60.6. The number of nitrogens with zero attached hydrogens (tertiary/aromatic N) is 7. The average Bonchev–Trinajstić information content (AvgIpc) is 2.15. The SMILES string of the molecule is CC(=O)c1cn(CC(=O)N2[C@H](C(=O)Nc3nc(Br)ccc3C)C[C@@]3(C)C[C@@H]23)c2ccc(Nc3cncc(F)c3)cc12.CC(=O)c1cn(CC(=O)O)c2ccc(Nc3cncc(F)c3)cc12.Cc1ccc(Br)nc1NC(=O)[C@@H]1C[C@@]2(C)C[C@H]2N1.Cl. The number of hydrogen-bond acceptors (Lipinski definition) is 13. The van der Waals surface area contributed by atoms with Gasteiger partial charge in [0, 0.05) is 80.9 Å². The van der Waals surface area contributed by atoms with Crippen LogP contribution in [-0.2, 0) is 32.3 Å². The molecule has 19 nitrogen and oxygen atoms in total. The van der Waals surface area contributed by atoms with Gasteiger partial charge in [0.2, 0.25) is 17.7 Å². The number of pyridine rings is 4. The Morgan fingerprint density at radius 1 is 0.643 bits per heavy atom. The van der Waals surface area contributed by atoms with Crippen molar-refractivity contribution in [3.05, 3.63) is 153 Å². The molecular weight excluding hydrogens is 1230 g/mol. The quantitative estimate of drug-likeness (QED) is 0.0438. The molecule has 6 N–H and O–H groups in total. The molecule has 6 atom stereocenters. The number of piperidine rings is 2. The Labute approximate surface area is 504 Å². The van der Waals surface area contributed by atoms with Crippen molar-refractivity contribution >= 4 is 136 Å². The van der Waals surface area contributed by atoms with Crippen LogP contribution >= 0.6 is 44.3 Å². The number of rotatable bonds is 14. The lowest BCUT2D eigenvalue weighted by molar-refractivity contribution is -0.138. The fourth-order valence-corrected chi connectivity index (χ4v) is 11.7. The molecule has 24 heteroatoms.